The first-order valence-electron chi connectivity index (χ1n) is 9.57. The quantitative estimate of drug-likeness (QED) is 0.356. The average Bonchev–Trinajstić information content (AvgIpc) is 3.19. The van der Waals surface area contributed by atoms with E-state index in [-0.39, 0.29) is 17.3 Å². The highest BCUT2D eigenvalue weighted by molar-refractivity contribution is 7.99. The largest absolute Gasteiger partial charge is 0.325 e. The highest BCUT2D eigenvalue weighted by Crippen LogP contribution is 2.29. The molecule has 3 aromatic carbocycles. The fourth-order valence-corrected chi connectivity index (χ4v) is 3.94. The molecular formula is C23H17ClF2N4OS. The fourth-order valence-electron chi connectivity index (χ4n) is 3.06. The molecule has 0 aliphatic rings. The van der Waals surface area contributed by atoms with Crippen LogP contribution in [0.25, 0.3) is 17.1 Å². The second-order valence-electron chi connectivity index (χ2n) is 6.95. The minimum absolute atomic E-state index is 0.00145. The number of thioether (sulfide) groups is 1. The van der Waals surface area contributed by atoms with Crippen molar-refractivity contribution in [2.24, 2.45) is 0 Å². The molecule has 162 valence electrons. The van der Waals surface area contributed by atoms with E-state index in [0.717, 1.165) is 28.9 Å². The Morgan fingerprint density at radius 3 is 2.53 bits per heavy atom. The first kappa shape index (κ1) is 22.0. The Balaban J connectivity index is 1.60. The van der Waals surface area contributed by atoms with Crippen LogP contribution in [0.2, 0.25) is 5.02 Å². The van der Waals surface area contributed by atoms with Crippen molar-refractivity contribution >= 4 is 35.0 Å². The van der Waals surface area contributed by atoms with Crippen molar-refractivity contribution in [3.05, 3.63) is 89.0 Å². The zero-order valence-electron chi connectivity index (χ0n) is 16.8. The molecule has 5 nitrogen and oxygen atoms in total. The summed E-state index contributed by atoms with van der Waals surface area (Å²) >= 11 is 7.22. The van der Waals surface area contributed by atoms with E-state index in [1.807, 2.05) is 47.9 Å². The lowest BCUT2D eigenvalue weighted by atomic mass is 10.1. The van der Waals surface area contributed by atoms with Gasteiger partial charge in [-0.3, -0.25) is 9.36 Å². The molecule has 0 bridgehead atoms. The Labute approximate surface area is 192 Å². The van der Waals surface area contributed by atoms with E-state index >= 15 is 0 Å². The lowest BCUT2D eigenvalue weighted by Gasteiger charge is -2.11. The van der Waals surface area contributed by atoms with Crippen LogP contribution in [0.3, 0.4) is 0 Å². The first-order chi connectivity index (χ1) is 15.4. The second-order valence-corrected chi connectivity index (χ2v) is 8.33. The summed E-state index contributed by atoms with van der Waals surface area (Å²) in [5.74, 6) is -1.76. The molecule has 4 rings (SSSR count). The van der Waals surface area contributed by atoms with Gasteiger partial charge in [-0.25, -0.2) is 8.78 Å². The molecule has 4 aromatic rings. The summed E-state index contributed by atoms with van der Waals surface area (Å²) in [6.07, 6.45) is 0. The van der Waals surface area contributed by atoms with Gasteiger partial charge in [0.2, 0.25) is 5.91 Å². The molecule has 0 aliphatic heterocycles. The molecule has 0 spiro atoms. The van der Waals surface area contributed by atoms with Gasteiger partial charge in [0.05, 0.1) is 5.75 Å². The molecule has 0 saturated carbocycles. The maximum atomic E-state index is 13.4. The van der Waals surface area contributed by atoms with E-state index in [2.05, 4.69) is 15.5 Å². The lowest BCUT2D eigenvalue weighted by molar-refractivity contribution is -0.113. The van der Waals surface area contributed by atoms with E-state index in [0.29, 0.717) is 16.0 Å². The monoisotopic (exact) mass is 470 g/mol. The Bertz CT molecular complexity index is 1280. The predicted octanol–water partition coefficient (Wildman–Crippen LogP) is 5.91. The van der Waals surface area contributed by atoms with Crippen LogP contribution in [0.4, 0.5) is 14.5 Å². The standard InChI is InChI=1S/C23H17ClF2N4OS/c1-14-3-2-4-15(11-14)22-28-29-23(30(22)18-8-5-16(24)6-9-18)32-13-21(31)27-17-7-10-19(25)20(26)12-17/h2-12H,13H2,1H3,(H,27,31). The Kier molecular flexibility index (Phi) is 6.53. The first-order valence-corrected chi connectivity index (χ1v) is 10.9. The third kappa shape index (κ3) is 4.98. The van der Waals surface area contributed by atoms with Gasteiger partial charge >= 0.3 is 0 Å². The van der Waals surface area contributed by atoms with Crippen molar-refractivity contribution in [3.8, 4) is 17.1 Å². The SMILES string of the molecule is Cc1cccc(-c2nnc(SCC(=O)Nc3ccc(F)c(F)c3)n2-c2ccc(Cl)cc2)c1. The highest BCUT2D eigenvalue weighted by Gasteiger charge is 2.18. The molecular weight excluding hydrogens is 454 g/mol. The number of carbonyl (C=O) groups excluding carboxylic acids is 1. The number of hydrogen-bond donors (Lipinski definition) is 1. The van der Waals surface area contributed by atoms with Crippen molar-refractivity contribution < 1.29 is 13.6 Å². The van der Waals surface area contributed by atoms with Gasteiger partial charge < -0.3 is 5.32 Å². The molecule has 32 heavy (non-hydrogen) atoms. The third-order valence-electron chi connectivity index (χ3n) is 4.53. The van der Waals surface area contributed by atoms with Gasteiger partial charge in [0, 0.05) is 28.0 Å². The molecule has 1 amide bonds. The van der Waals surface area contributed by atoms with Crippen molar-refractivity contribution in [3.63, 3.8) is 0 Å². The number of halogens is 3. The molecule has 1 aromatic heterocycles. The second kappa shape index (κ2) is 9.50. The van der Waals surface area contributed by atoms with Crippen LogP contribution < -0.4 is 5.32 Å². The number of hydrogen-bond acceptors (Lipinski definition) is 4. The van der Waals surface area contributed by atoms with Crippen LogP contribution in [-0.4, -0.2) is 26.4 Å². The molecule has 0 radical (unpaired) electrons. The zero-order chi connectivity index (χ0) is 22.7. The normalized spacial score (nSPS) is 10.9. The summed E-state index contributed by atoms with van der Waals surface area (Å²) in [6, 6.07) is 18.3. The molecule has 0 fully saturated rings. The van der Waals surface area contributed by atoms with Crippen molar-refractivity contribution in [2.75, 3.05) is 11.1 Å². The van der Waals surface area contributed by atoms with Gasteiger partial charge in [-0.1, -0.05) is 47.1 Å². The third-order valence-corrected chi connectivity index (χ3v) is 5.71. The van der Waals surface area contributed by atoms with Gasteiger partial charge in [0.15, 0.2) is 22.6 Å². The van der Waals surface area contributed by atoms with Gasteiger partial charge in [0.25, 0.3) is 0 Å². The van der Waals surface area contributed by atoms with Gasteiger partial charge in [-0.05, 0) is 49.4 Å². The molecule has 1 N–H and O–H groups in total. The van der Waals surface area contributed by atoms with E-state index in [4.69, 9.17) is 11.6 Å². The molecule has 0 aliphatic carbocycles. The van der Waals surface area contributed by atoms with Crippen LogP contribution >= 0.6 is 23.4 Å². The maximum absolute atomic E-state index is 13.4. The lowest BCUT2D eigenvalue weighted by Crippen LogP contribution is -2.15. The fraction of sp³-hybridized carbons (Fsp3) is 0.0870. The maximum Gasteiger partial charge on any atom is 0.234 e. The average molecular weight is 471 g/mol. The van der Waals surface area contributed by atoms with E-state index in [1.54, 1.807) is 12.1 Å². The smallest absolute Gasteiger partial charge is 0.234 e. The Morgan fingerprint density at radius 1 is 1.03 bits per heavy atom. The Hall–Kier alpha value is -3.23. The van der Waals surface area contributed by atoms with Crippen LogP contribution in [-0.2, 0) is 4.79 Å². The van der Waals surface area contributed by atoms with Gasteiger partial charge in [0.1, 0.15) is 0 Å². The van der Waals surface area contributed by atoms with Gasteiger partial charge in [-0.15, -0.1) is 10.2 Å². The van der Waals surface area contributed by atoms with Crippen molar-refractivity contribution in [1.29, 1.82) is 0 Å². The highest BCUT2D eigenvalue weighted by atomic mass is 35.5. The van der Waals surface area contributed by atoms with E-state index < -0.39 is 11.6 Å². The zero-order valence-corrected chi connectivity index (χ0v) is 18.4. The number of nitrogens with one attached hydrogen (secondary N) is 1. The Morgan fingerprint density at radius 2 is 1.81 bits per heavy atom. The van der Waals surface area contributed by atoms with Crippen LogP contribution in [0, 0.1) is 18.6 Å². The number of nitrogens with zero attached hydrogens (tertiary/aromatic N) is 3. The number of aromatic nitrogens is 3. The number of anilines is 1. The number of carbonyl (C=O) groups is 1. The molecule has 1 heterocycles. The molecule has 0 saturated heterocycles. The van der Waals surface area contributed by atoms with Crippen LogP contribution in [0.15, 0.2) is 71.9 Å². The minimum Gasteiger partial charge on any atom is -0.325 e. The molecule has 0 unspecified atom stereocenters. The summed E-state index contributed by atoms with van der Waals surface area (Å²) in [6.45, 7) is 1.99. The molecule has 9 heteroatoms. The van der Waals surface area contributed by atoms with Gasteiger partial charge in [-0.2, -0.15) is 0 Å². The summed E-state index contributed by atoms with van der Waals surface area (Å²) in [5.41, 5.74) is 2.92. The number of amides is 1. The summed E-state index contributed by atoms with van der Waals surface area (Å²) in [5, 5.41) is 12.3. The van der Waals surface area contributed by atoms with Crippen LogP contribution in [0.5, 0.6) is 0 Å². The van der Waals surface area contributed by atoms with Crippen LogP contribution in [0.1, 0.15) is 5.56 Å². The van der Waals surface area contributed by atoms with Crippen molar-refractivity contribution in [1.82, 2.24) is 14.8 Å². The molecule has 0 atom stereocenters. The summed E-state index contributed by atoms with van der Waals surface area (Å²) in [4.78, 5) is 12.4. The number of aryl methyl sites for hydroxylation is 1. The van der Waals surface area contributed by atoms with E-state index in [9.17, 15) is 13.6 Å². The predicted molar refractivity (Wildman–Crippen MR) is 122 cm³/mol. The van der Waals surface area contributed by atoms with E-state index in [1.165, 1.54) is 17.8 Å². The topological polar surface area (TPSA) is 59.8 Å². The summed E-state index contributed by atoms with van der Waals surface area (Å²) < 4.78 is 28.3. The number of rotatable bonds is 6. The minimum atomic E-state index is -1.03. The number of benzene rings is 3. The van der Waals surface area contributed by atoms with Crippen molar-refractivity contribution in [2.45, 2.75) is 12.1 Å². The summed E-state index contributed by atoms with van der Waals surface area (Å²) in [7, 11) is 0.